The molecule has 35 heavy (non-hydrogen) atoms. The fraction of sp³-hybridized carbons (Fsp3) is 0.724. The molecule has 0 N–H and O–H groups in total. The topological polar surface area (TPSA) is 45.1 Å². The largest absolute Gasteiger partial charge is 0.467 e. The minimum atomic E-state index is -0.781. The van der Waals surface area contributed by atoms with Crippen molar-refractivity contribution in [2.45, 2.75) is 89.8 Å². The molecule has 3 atom stereocenters. The van der Waals surface area contributed by atoms with Gasteiger partial charge in [-0.05, 0) is 75.6 Å². The quantitative estimate of drug-likeness (QED) is 0.319. The Morgan fingerprint density at radius 3 is 2.49 bits per heavy atom. The number of hydrogen-bond acceptors (Lipinski definition) is 5. The van der Waals surface area contributed by atoms with Crippen LogP contribution in [0.3, 0.4) is 0 Å². The van der Waals surface area contributed by atoms with Crippen LogP contribution >= 0.6 is 11.6 Å². The molecule has 1 aliphatic heterocycles. The maximum absolute atomic E-state index is 13.2. The average Bonchev–Trinajstić information content (AvgIpc) is 3.16. The van der Waals surface area contributed by atoms with Gasteiger partial charge in [-0.3, -0.25) is 4.99 Å². The number of carbonyl (C=O) groups is 1. The summed E-state index contributed by atoms with van der Waals surface area (Å²) in [5.41, 5.74) is 0.455. The van der Waals surface area contributed by atoms with Crippen LogP contribution in [-0.2, 0) is 9.53 Å². The van der Waals surface area contributed by atoms with E-state index >= 15 is 0 Å². The molecule has 0 radical (unpaired) electrons. The van der Waals surface area contributed by atoms with Gasteiger partial charge in [0.1, 0.15) is 0 Å². The van der Waals surface area contributed by atoms with Crippen molar-refractivity contribution in [1.82, 2.24) is 9.80 Å². The van der Waals surface area contributed by atoms with Crippen LogP contribution in [0.5, 0.6) is 0 Å². The molecule has 5 nitrogen and oxygen atoms in total. The van der Waals surface area contributed by atoms with Gasteiger partial charge in [-0.2, -0.15) is 0 Å². The summed E-state index contributed by atoms with van der Waals surface area (Å²) in [5.74, 6) is 1.36. The van der Waals surface area contributed by atoms with Crippen LogP contribution in [0.25, 0.3) is 0 Å². The summed E-state index contributed by atoms with van der Waals surface area (Å²) in [4.78, 5) is 22.7. The van der Waals surface area contributed by atoms with Gasteiger partial charge in [-0.15, -0.1) is 0 Å². The molecule has 1 saturated carbocycles. The van der Waals surface area contributed by atoms with Crippen LogP contribution in [0.15, 0.2) is 29.3 Å². The van der Waals surface area contributed by atoms with Crippen molar-refractivity contribution in [3.05, 3.63) is 34.9 Å². The molecule has 1 aromatic carbocycles. The van der Waals surface area contributed by atoms with Crippen LogP contribution in [-0.4, -0.2) is 61.4 Å². The van der Waals surface area contributed by atoms with E-state index in [1.54, 1.807) is 0 Å². The smallest absolute Gasteiger partial charge is 0.335 e. The van der Waals surface area contributed by atoms with E-state index < -0.39 is 5.54 Å². The first-order valence-electron chi connectivity index (χ1n) is 13.5. The van der Waals surface area contributed by atoms with Crippen molar-refractivity contribution in [2.24, 2.45) is 22.7 Å². The highest BCUT2D eigenvalue weighted by Crippen LogP contribution is 2.45. The predicted molar refractivity (Wildman–Crippen MR) is 146 cm³/mol. The van der Waals surface area contributed by atoms with Gasteiger partial charge >= 0.3 is 5.97 Å². The number of halogens is 1. The monoisotopic (exact) mass is 503 g/mol. The number of esters is 1. The maximum atomic E-state index is 13.2. The molecule has 3 rings (SSSR count). The minimum absolute atomic E-state index is 0.0821. The second kappa shape index (κ2) is 12.6. The van der Waals surface area contributed by atoms with Gasteiger partial charge in [0.2, 0.25) is 0 Å². The third kappa shape index (κ3) is 6.40. The first kappa shape index (κ1) is 28.0. The van der Waals surface area contributed by atoms with Crippen LogP contribution < -0.4 is 0 Å². The molecular formula is C29H46ClN3O2. The van der Waals surface area contributed by atoms with Gasteiger partial charge in [0, 0.05) is 17.6 Å². The molecule has 1 aromatic rings. The summed E-state index contributed by atoms with van der Waals surface area (Å²) in [5, 5.41) is 0.861. The van der Waals surface area contributed by atoms with Crippen LogP contribution in [0.4, 0.5) is 0 Å². The number of methoxy groups -OCH3 is 1. The van der Waals surface area contributed by atoms with E-state index in [9.17, 15) is 4.79 Å². The van der Waals surface area contributed by atoms with Gasteiger partial charge in [0.25, 0.3) is 0 Å². The summed E-state index contributed by atoms with van der Waals surface area (Å²) < 4.78 is 5.35. The SMILES string of the molecule is CCCCN1C=NC(CC(C)C)(C(=O)OC)C1CC1CCC(C(c2ccccc2Cl)N(C)C)CC1. The summed E-state index contributed by atoms with van der Waals surface area (Å²) >= 11 is 6.61. The van der Waals surface area contributed by atoms with E-state index in [2.05, 4.69) is 56.8 Å². The highest BCUT2D eigenvalue weighted by atomic mass is 35.5. The van der Waals surface area contributed by atoms with Gasteiger partial charge in [-0.25, -0.2) is 4.79 Å². The lowest BCUT2D eigenvalue weighted by Gasteiger charge is -2.41. The second-order valence-electron chi connectivity index (χ2n) is 11.3. The Morgan fingerprint density at radius 1 is 1.23 bits per heavy atom. The molecular weight excluding hydrogens is 458 g/mol. The number of rotatable bonds is 11. The van der Waals surface area contributed by atoms with Crippen molar-refractivity contribution in [1.29, 1.82) is 0 Å². The number of aliphatic imine (C=N–C) groups is 1. The molecule has 0 spiro atoms. The van der Waals surface area contributed by atoms with E-state index in [0.29, 0.717) is 23.8 Å². The molecule has 0 aromatic heterocycles. The first-order chi connectivity index (χ1) is 16.7. The Bertz CT molecular complexity index is 850. The standard InChI is InChI=1S/C29H46ClN3O2/c1-7-8-17-33-20-31-29(19-21(2)3,28(34)35-6)26(33)18-22-13-15-23(16-14-22)27(32(4)5)24-11-9-10-12-25(24)30/h9-12,20-23,26-27H,7-8,13-19H2,1-6H3. The fourth-order valence-corrected chi connectivity index (χ4v) is 6.73. The first-order valence-corrected chi connectivity index (χ1v) is 13.9. The lowest BCUT2D eigenvalue weighted by molar-refractivity contribution is -0.149. The predicted octanol–water partition coefficient (Wildman–Crippen LogP) is 6.61. The Balaban J connectivity index is 1.75. The van der Waals surface area contributed by atoms with Gasteiger partial charge in [0.05, 0.1) is 19.5 Å². The molecule has 6 heteroatoms. The molecule has 0 amide bonds. The molecule has 3 unspecified atom stereocenters. The lowest BCUT2D eigenvalue weighted by Crippen LogP contribution is -2.53. The number of hydrogen-bond donors (Lipinski definition) is 0. The van der Waals surface area contributed by atoms with Crippen molar-refractivity contribution >= 4 is 23.9 Å². The van der Waals surface area contributed by atoms with E-state index in [-0.39, 0.29) is 12.0 Å². The third-order valence-corrected chi connectivity index (χ3v) is 8.44. The highest BCUT2D eigenvalue weighted by molar-refractivity contribution is 6.31. The molecule has 1 fully saturated rings. The summed E-state index contributed by atoms with van der Waals surface area (Å²) in [6, 6.07) is 8.70. The number of benzene rings is 1. The highest BCUT2D eigenvalue weighted by Gasteiger charge is 2.53. The fourth-order valence-electron chi connectivity index (χ4n) is 6.49. The van der Waals surface area contributed by atoms with Crippen molar-refractivity contribution in [2.75, 3.05) is 27.7 Å². The van der Waals surface area contributed by atoms with Crippen molar-refractivity contribution in [3.8, 4) is 0 Å². The second-order valence-corrected chi connectivity index (χ2v) is 11.7. The maximum Gasteiger partial charge on any atom is 0.335 e. The number of carbonyl (C=O) groups excluding carboxylic acids is 1. The van der Waals surface area contributed by atoms with Gasteiger partial charge in [-0.1, -0.05) is 69.8 Å². The van der Waals surface area contributed by atoms with E-state index in [1.165, 1.54) is 38.4 Å². The summed E-state index contributed by atoms with van der Waals surface area (Å²) in [6.07, 6.45) is 10.6. The normalized spacial score (nSPS) is 27.6. The Hall–Kier alpha value is -1.59. The molecule has 196 valence electrons. The van der Waals surface area contributed by atoms with Crippen molar-refractivity contribution < 1.29 is 9.53 Å². The van der Waals surface area contributed by atoms with E-state index in [4.69, 9.17) is 21.3 Å². The lowest BCUT2D eigenvalue weighted by atomic mass is 9.71. The number of unbranched alkanes of at least 4 members (excludes halogenated alkanes) is 1. The minimum Gasteiger partial charge on any atom is -0.467 e. The number of nitrogens with zero attached hydrogens (tertiary/aromatic N) is 3. The van der Waals surface area contributed by atoms with Crippen LogP contribution in [0.1, 0.15) is 83.7 Å². The zero-order valence-corrected chi connectivity index (χ0v) is 23.4. The summed E-state index contributed by atoms with van der Waals surface area (Å²) in [6.45, 7) is 7.51. The molecule has 2 aliphatic rings. The molecule has 1 aliphatic carbocycles. The number of ether oxygens (including phenoxy) is 1. The Morgan fingerprint density at radius 2 is 1.91 bits per heavy atom. The van der Waals surface area contributed by atoms with Crippen LogP contribution in [0, 0.1) is 17.8 Å². The molecule has 1 heterocycles. The zero-order chi connectivity index (χ0) is 25.6. The van der Waals surface area contributed by atoms with E-state index in [0.717, 1.165) is 37.3 Å². The van der Waals surface area contributed by atoms with Gasteiger partial charge in [0.15, 0.2) is 5.54 Å². The summed E-state index contributed by atoms with van der Waals surface area (Å²) in [7, 11) is 5.84. The third-order valence-electron chi connectivity index (χ3n) is 8.09. The Kier molecular flexibility index (Phi) is 10.1. The van der Waals surface area contributed by atoms with Crippen molar-refractivity contribution in [3.63, 3.8) is 0 Å². The zero-order valence-electron chi connectivity index (χ0n) is 22.7. The molecule has 0 saturated heterocycles. The molecule has 0 bridgehead atoms. The van der Waals surface area contributed by atoms with Gasteiger partial charge < -0.3 is 14.5 Å². The van der Waals surface area contributed by atoms with Crippen LogP contribution in [0.2, 0.25) is 5.02 Å². The van der Waals surface area contributed by atoms with E-state index in [1.807, 2.05) is 18.5 Å². The average molecular weight is 504 g/mol. The Labute approximate surface area is 218 Å².